The van der Waals surface area contributed by atoms with Crippen molar-refractivity contribution in [1.82, 2.24) is 4.90 Å². The van der Waals surface area contributed by atoms with Crippen LogP contribution in [0, 0.1) is 6.92 Å². The van der Waals surface area contributed by atoms with E-state index in [0.29, 0.717) is 18.2 Å². The van der Waals surface area contributed by atoms with E-state index in [1.54, 1.807) is 13.0 Å². The Morgan fingerprint density at radius 3 is 2.55 bits per heavy atom. The molecule has 0 atom stereocenters. The van der Waals surface area contributed by atoms with Crippen molar-refractivity contribution in [1.29, 1.82) is 0 Å². The van der Waals surface area contributed by atoms with E-state index in [2.05, 4.69) is 0 Å². The van der Waals surface area contributed by atoms with E-state index < -0.39 is 10.0 Å². The molecule has 5 nitrogen and oxygen atoms in total. The molecule has 2 rings (SSSR count). The molecule has 1 amide bonds. The third kappa shape index (κ3) is 3.19. The topological polar surface area (TPSA) is 80.5 Å². The predicted molar refractivity (Wildman–Crippen MR) is 76.9 cm³/mol. The highest BCUT2D eigenvalue weighted by Gasteiger charge is 2.33. The molecule has 0 spiro atoms. The molecule has 110 valence electrons. The van der Waals surface area contributed by atoms with Gasteiger partial charge in [0.1, 0.15) is 0 Å². The predicted octanol–water partition coefficient (Wildman–Crippen LogP) is 1.66. The minimum Gasteiger partial charge on any atom is -0.336 e. The number of hydrogen-bond donors (Lipinski definition) is 1. The molecule has 2 N–H and O–H groups in total. The standard InChI is InChI=1S/C14H20N2O3S/c1-3-8-16(11-5-6-11)14(17)13-9-12(20(15,18)19)7-4-10(13)2/h4,7,9,11H,3,5-6,8H2,1-2H3,(H2,15,18,19). The van der Waals surface area contributed by atoms with Gasteiger partial charge in [0.15, 0.2) is 0 Å². The number of nitrogens with zero attached hydrogens (tertiary/aromatic N) is 1. The van der Waals surface area contributed by atoms with Gasteiger partial charge in [-0.3, -0.25) is 4.79 Å². The van der Waals surface area contributed by atoms with Crippen LogP contribution in [-0.4, -0.2) is 31.8 Å². The van der Waals surface area contributed by atoms with E-state index in [1.165, 1.54) is 12.1 Å². The summed E-state index contributed by atoms with van der Waals surface area (Å²) in [6.45, 7) is 4.52. The fraction of sp³-hybridized carbons (Fsp3) is 0.500. The molecule has 0 aliphatic heterocycles. The fourth-order valence-electron chi connectivity index (χ4n) is 2.24. The van der Waals surface area contributed by atoms with E-state index in [4.69, 9.17) is 5.14 Å². The number of rotatable bonds is 5. The highest BCUT2D eigenvalue weighted by molar-refractivity contribution is 7.89. The second kappa shape index (κ2) is 5.54. The number of nitrogens with two attached hydrogens (primary N) is 1. The Hall–Kier alpha value is -1.40. The maximum absolute atomic E-state index is 12.6. The van der Waals surface area contributed by atoms with Gasteiger partial charge in [-0.1, -0.05) is 13.0 Å². The van der Waals surface area contributed by atoms with Gasteiger partial charge >= 0.3 is 0 Å². The Labute approximate surface area is 119 Å². The van der Waals surface area contributed by atoms with Crippen LogP contribution in [0.5, 0.6) is 0 Å². The van der Waals surface area contributed by atoms with Gasteiger partial charge < -0.3 is 4.90 Å². The van der Waals surface area contributed by atoms with Crippen LogP contribution in [0.4, 0.5) is 0 Å². The SMILES string of the molecule is CCCN(C(=O)c1cc(S(N)(=O)=O)ccc1C)C1CC1. The molecule has 0 unspecified atom stereocenters. The van der Waals surface area contributed by atoms with Gasteiger partial charge in [0.25, 0.3) is 5.91 Å². The summed E-state index contributed by atoms with van der Waals surface area (Å²) in [5, 5.41) is 5.13. The van der Waals surface area contributed by atoms with Crippen LogP contribution in [0.3, 0.4) is 0 Å². The summed E-state index contributed by atoms with van der Waals surface area (Å²) >= 11 is 0. The fourth-order valence-corrected chi connectivity index (χ4v) is 2.78. The molecule has 0 bridgehead atoms. The molecule has 1 aliphatic carbocycles. The number of hydrogen-bond acceptors (Lipinski definition) is 3. The molecule has 0 saturated heterocycles. The lowest BCUT2D eigenvalue weighted by Gasteiger charge is -2.23. The first kappa shape index (κ1) is 15.0. The summed E-state index contributed by atoms with van der Waals surface area (Å²) in [7, 11) is -3.79. The van der Waals surface area contributed by atoms with E-state index in [9.17, 15) is 13.2 Å². The van der Waals surface area contributed by atoms with E-state index in [-0.39, 0.29) is 10.8 Å². The van der Waals surface area contributed by atoms with Gasteiger partial charge in [-0.15, -0.1) is 0 Å². The molecule has 1 aliphatic rings. The van der Waals surface area contributed by atoms with Crippen LogP contribution < -0.4 is 5.14 Å². The summed E-state index contributed by atoms with van der Waals surface area (Å²) in [4.78, 5) is 14.4. The molecule has 1 fully saturated rings. The number of aryl methyl sites for hydroxylation is 1. The third-order valence-corrected chi connectivity index (χ3v) is 4.39. The van der Waals surface area contributed by atoms with E-state index >= 15 is 0 Å². The van der Waals surface area contributed by atoms with Crippen LogP contribution >= 0.6 is 0 Å². The van der Waals surface area contributed by atoms with Crippen molar-refractivity contribution >= 4 is 15.9 Å². The zero-order valence-corrected chi connectivity index (χ0v) is 12.6. The molecule has 6 heteroatoms. The minimum atomic E-state index is -3.79. The van der Waals surface area contributed by atoms with Gasteiger partial charge in [0, 0.05) is 18.2 Å². The Kier molecular flexibility index (Phi) is 4.15. The van der Waals surface area contributed by atoms with Gasteiger partial charge in [0.2, 0.25) is 10.0 Å². The van der Waals surface area contributed by atoms with E-state index in [0.717, 1.165) is 24.8 Å². The Morgan fingerprint density at radius 1 is 1.40 bits per heavy atom. The second-order valence-corrected chi connectivity index (χ2v) is 6.81. The van der Waals surface area contributed by atoms with Crippen molar-refractivity contribution < 1.29 is 13.2 Å². The molecule has 20 heavy (non-hydrogen) atoms. The summed E-state index contributed by atoms with van der Waals surface area (Å²) in [6, 6.07) is 4.75. The number of carbonyl (C=O) groups excluding carboxylic acids is 1. The highest BCUT2D eigenvalue weighted by atomic mass is 32.2. The summed E-state index contributed by atoms with van der Waals surface area (Å²) in [5.74, 6) is -0.0997. The molecule has 1 aromatic carbocycles. The normalized spacial score (nSPS) is 15.2. The van der Waals surface area contributed by atoms with Crippen LogP contribution in [0.1, 0.15) is 42.1 Å². The maximum Gasteiger partial charge on any atom is 0.254 e. The van der Waals surface area contributed by atoms with Gasteiger partial charge in [-0.25, -0.2) is 13.6 Å². The zero-order chi connectivity index (χ0) is 14.9. The zero-order valence-electron chi connectivity index (χ0n) is 11.8. The van der Waals surface area contributed by atoms with Gasteiger partial charge in [-0.05, 0) is 43.9 Å². The van der Waals surface area contributed by atoms with Crippen molar-refractivity contribution in [3.8, 4) is 0 Å². The van der Waals surface area contributed by atoms with Crippen molar-refractivity contribution in [3.63, 3.8) is 0 Å². The Morgan fingerprint density at radius 2 is 2.05 bits per heavy atom. The number of carbonyl (C=O) groups is 1. The van der Waals surface area contributed by atoms with Gasteiger partial charge in [-0.2, -0.15) is 0 Å². The van der Waals surface area contributed by atoms with Crippen molar-refractivity contribution in [2.75, 3.05) is 6.54 Å². The monoisotopic (exact) mass is 296 g/mol. The number of amides is 1. The molecule has 1 aromatic rings. The number of primary sulfonamides is 1. The van der Waals surface area contributed by atoms with Crippen molar-refractivity contribution in [2.45, 2.75) is 44.0 Å². The van der Waals surface area contributed by atoms with Crippen molar-refractivity contribution in [3.05, 3.63) is 29.3 Å². The Bertz CT molecular complexity index is 621. The minimum absolute atomic E-state index is 0.0151. The molecule has 1 saturated carbocycles. The smallest absolute Gasteiger partial charge is 0.254 e. The molecule has 0 aromatic heterocycles. The van der Waals surface area contributed by atoms with E-state index in [1.807, 2.05) is 11.8 Å². The molecule has 0 radical (unpaired) electrons. The average molecular weight is 296 g/mol. The highest BCUT2D eigenvalue weighted by Crippen LogP contribution is 2.29. The average Bonchev–Trinajstić information content (AvgIpc) is 3.18. The molecular formula is C14H20N2O3S. The molecule has 0 heterocycles. The summed E-state index contributed by atoms with van der Waals surface area (Å²) in [6.07, 6.45) is 2.94. The lowest BCUT2D eigenvalue weighted by Crippen LogP contribution is -2.34. The van der Waals surface area contributed by atoms with Gasteiger partial charge in [0.05, 0.1) is 4.90 Å². The van der Waals surface area contributed by atoms with Crippen LogP contribution in [-0.2, 0) is 10.0 Å². The summed E-state index contributed by atoms with van der Waals surface area (Å²) in [5.41, 5.74) is 1.20. The summed E-state index contributed by atoms with van der Waals surface area (Å²) < 4.78 is 22.8. The largest absolute Gasteiger partial charge is 0.336 e. The quantitative estimate of drug-likeness (QED) is 0.897. The molecular weight excluding hydrogens is 276 g/mol. The number of sulfonamides is 1. The first-order valence-electron chi connectivity index (χ1n) is 6.79. The number of benzene rings is 1. The Balaban J connectivity index is 2.37. The van der Waals surface area contributed by atoms with Crippen molar-refractivity contribution in [2.24, 2.45) is 5.14 Å². The van der Waals surface area contributed by atoms with Crippen LogP contribution in [0.15, 0.2) is 23.1 Å². The maximum atomic E-state index is 12.6. The first-order valence-corrected chi connectivity index (χ1v) is 8.33. The lowest BCUT2D eigenvalue weighted by atomic mass is 10.1. The first-order chi connectivity index (χ1) is 9.34. The second-order valence-electron chi connectivity index (χ2n) is 5.25. The van der Waals surface area contributed by atoms with Crippen LogP contribution in [0.25, 0.3) is 0 Å². The van der Waals surface area contributed by atoms with Crippen LogP contribution in [0.2, 0.25) is 0 Å². The lowest BCUT2D eigenvalue weighted by molar-refractivity contribution is 0.0742. The third-order valence-electron chi connectivity index (χ3n) is 3.48.